The molecule has 0 aromatic heterocycles. The van der Waals surface area contributed by atoms with Crippen molar-refractivity contribution >= 4 is 11.9 Å². The third-order valence-electron chi connectivity index (χ3n) is 9.34. The van der Waals surface area contributed by atoms with Crippen molar-refractivity contribution in [2.75, 3.05) is 6.61 Å². The van der Waals surface area contributed by atoms with Crippen LogP contribution in [0.2, 0.25) is 0 Å². The largest absolute Gasteiger partial charge is 0.462 e. The molecule has 0 heterocycles. The topological polar surface area (TPSA) is 95.9 Å². The second-order valence-electron chi connectivity index (χ2n) is 14.4. The van der Waals surface area contributed by atoms with Gasteiger partial charge >= 0.3 is 5.97 Å². The first-order chi connectivity index (χ1) is 26.0. The fourth-order valence-electron chi connectivity index (χ4n) is 6.09. The summed E-state index contributed by atoms with van der Waals surface area (Å²) in [6, 6.07) is -0.717. The number of unbranched alkanes of at least 4 members (excludes halogenated alkanes) is 15. The van der Waals surface area contributed by atoms with Crippen molar-refractivity contribution in [1.29, 1.82) is 0 Å². The number of amides is 1. The second kappa shape index (κ2) is 40.5. The van der Waals surface area contributed by atoms with Crippen molar-refractivity contribution in [3.8, 4) is 0 Å². The van der Waals surface area contributed by atoms with E-state index < -0.39 is 18.2 Å². The molecular weight excluding hydrogens is 659 g/mol. The van der Waals surface area contributed by atoms with Gasteiger partial charge in [-0.2, -0.15) is 0 Å². The first-order valence-electron chi connectivity index (χ1n) is 21.7. The zero-order valence-electron chi connectivity index (χ0n) is 34.4. The molecule has 53 heavy (non-hydrogen) atoms. The summed E-state index contributed by atoms with van der Waals surface area (Å²) >= 11 is 0. The summed E-state index contributed by atoms with van der Waals surface area (Å²) in [5.41, 5.74) is 0. The lowest BCUT2D eigenvalue weighted by Crippen LogP contribution is -2.46. The Labute approximate surface area is 326 Å². The monoisotopic (exact) mass is 740 g/mol. The molecule has 3 unspecified atom stereocenters. The van der Waals surface area contributed by atoms with Crippen molar-refractivity contribution in [2.24, 2.45) is 0 Å². The van der Waals surface area contributed by atoms with Crippen LogP contribution in [0, 0.1) is 0 Å². The predicted octanol–water partition coefficient (Wildman–Crippen LogP) is 12.3. The number of rotatable bonds is 37. The van der Waals surface area contributed by atoms with E-state index in [2.05, 4.69) is 86.8 Å². The molecule has 1 amide bonds. The smallest absolute Gasteiger partial charge is 0.306 e. The van der Waals surface area contributed by atoms with Crippen LogP contribution in [0.3, 0.4) is 0 Å². The van der Waals surface area contributed by atoms with Gasteiger partial charge in [-0.25, -0.2) is 0 Å². The highest BCUT2D eigenvalue weighted by Crippen LogP contribution is 2.16. The van der Waals surface area contributed by atoms with Gasteiger partial charge in [-0.3, -0.25) is 9.59 Å². The van der Waals surface area contributed by atoms with Crippen LogP contribution in [0.5, 0.6) is 0 Å². The Kier molecular flexibility index (Phi) is 38.4. The van der Waals surface area contributed by atoms with E-state index in [1.165, 1.54) is 38.5 Å². The average Bonchev–Trinajstić information content (AvgIpc) is 3.15. The molecule has 304 valence electrons. The van der Waals surface area contributed by atoms with E-state index in [0.29, 0.717) is 19.3 Å². The molecule has 0 radical (unpaired) electrons. The summed E-state index contributed by atoms with van der Waals surface area (Å²) in [5.74, 6) is -0.545. The minimum Gasteiger partial charge on any atom is -0.462 e. The van der Waals surface area contributed by atoms with Gasteiger partial charge in [-0.1, -0.05) is 171 Å². The van der Waals surface area contributed by atoms with Gasteiger partial charge in [0, 0.05) is 6.42 Å². The van der Waals surface area contributed by atoms with Gasteiger partial charge in [0.25, 0.3) is 0 Å². The van der Waals surface area contributed by atoms with Crippen molar-refractivity contribution < 1.29 is 24.5 Å². The van der Waals surface area contributed by atoms with Crippen LogP contribution in [-0.2, 0) is 14.3 Å². The van der Waals surface area contributed by atoms with Crippen molar-refractivity contribution in [3.63, 3.8) is 0 Å². The van der Waals surface area contributed by atoms with Crippen molar-refractivity contribution in [1.82, 2.24) is 5.32 Å². The van der Waals surface area contributed by atoms with Crippen LogP contribution in [-0.4, -0.2) is 46.9 Å². The Morgan fingerprint density at radius 3 is 1.77 bits per heavy atom. The molecule has 6 heteroatoms. The molecule has 0 saturated heterocycles. The lowest BCUT2D eigenvalue weighted by atomic mass is 10.0. The highest BCUT2D eigenvalue weighted by Gasteiger charge is 2.24. The quantitative estimate of drug-likeness (QED) is 0.0255. The van der Waals surface area contributed by atoms with Gasteiger partial charge in [-0.05, 0) is 77.0 Å². The number of nitrogens with one attached hydrogen (secondary N) is 1. The number of allylic oxidation sites excluding steroid dienone is 12. The summed E-state index contributed by atoms with van der Waals surface area (Å²) in [7, 11) is 0. The molecule has 3 N–H and O–H groups in total. The maximum atomic E-state index is 13.1. The number of hydrogen-bond donors (Lipinski definition) is 3. The molecule has 0 aliphatic rings. The van der Waals surface area contributed by atoms with E-state index >= 15 is 0 Å². The molecule has 0 aromatic rings. The molecule has 0 aliphatic heterocycles. The van der Waals surface area contributed by atoms with E-state index in [0.717, 1.165) is 103 Å². The average molecular weight is 740 g/mol. The van der Waals surface area contributed by atoms with Gasteiger partial charge in [0.1, 0.15) is 6.10 Å². The third kappa shape index (κ3) is 36.1. The van der Waals surface area contributed by atoms with Crippen molar-refractivity contribution in [3.05, 3.63) is 72.9 Å². The number of carbonyl (C=O) groups excluding carboxylic acids is 2. The second-order valence-corrected chi connectivity index (χ2v) is 14.4. The highest BCUT2D eigenvalue weighted by molar-refractivity contribution is 5.77. The summed E-state index contributed by atoms with van der Waals surface area (Å²) in [6.07, 6.45) is 49.7. The first kappa shape index (κ1) is 50.3. The Morgan fingerprint density at radius 1 is 0.585 bits per heavy atom. The normalized spacial score (nSPS) is 14.1. The molecule has 3 atom stereocenters. The number of ether oxygens (including phenoxy) is 1. The van der Waals surface area contributed by atoms with Gasteiger partial charge in [0.15, 0.2) is 0 Å². The van der Waals surface area contributed by atoms with Crippen molar-refractivity contribution in [2.45, 2.75) is 206 Å². The van der Waals surface area contributed by atoms with E-state index in [1.807, 2.05) is 12.2 Å². The Bertz CT molecular complexity index is 1010. The molecule has 6 nitrogen and oxygen atoms in total. The van der Waals surface area contributed by atoms with E-state index in [4.69, 9.17) is 4.74 Å². The standard InChI is InChI=1S/C47H81NO5/c1-4-7-10-13-16-19-21-22-23-25-28-31-34-37-40-47(52)53-43(38-35-32-29-27-24-20-17-14-11-8-5-2)41-46(51)48-44(42-49)45(50)39-36-33-30-26-18-15-12-9-6-3/h7-8,10-11,14,16-17,19-20,22-24,43-45,49-50H,4-6,9,12-13,15,18,21,25-42H2,1-3H3,(H,48,51)/b10-7+,11-8+,17-14+,19-16+,23-22+,24-20-. The number of aliphatic hydroxyl groups excluding tert-OH is 2. The van der Waals surface area contributed by atoms with Crippen LogP contribution in [0.1, 0.15) is 188 Å². The molecule has 0 aromatic carbocycles. The fourth-order valence-corrected chi connectivity index (χ4v) is 6.09. The Hall–Kier alpha value is -2.70. The van der Waals surface area contributed by atoms with Crippen LogP contribution in [0.25, 0.3) is 0 Å². The maximum absolute atomic E-state index is 13.1. The van der Waals surface area contributed by atoms with Crippen LogP contribution in [0.15, 0.2) is 72.9 Å². The minimum absolute atomic E-state index is 0.0416. The first-order valence-corrected chi connectivity index (χ1v) is 21.7. The summed E-state index contributed by atoms with van der Waals surface area (Å²) in [5, 5.41) is 23.5. The molecule has 0 rings (SSSR count). The minimum atomic E-state index is -0.801. The Balaban J connectivity index is 4.69. The summed E-state index contributed by atoms with van der Waals surface area (Å²) in [4.78, 5) is 25.9. The summed E-state index contributed by atoms with van der Waals surface area (Å²) in [6.45, 7) is 6.17. The van der Waals surface area contributed by atoms with E-state index in [1.54, 1.807) is 0 Å². The van der Waals surface area contributed by atoms with Gasteiger partial charge < -0.3 is 20.3 Å². The van der Waals surface area contributed by atoms with E-state index in [9.17, 15) is 19.8 Å². The highest BCUT2D eigenvalue weighted by atomic mass is 16.5. The van der Waals surface area contributed by atoms with Crippen LogP contribution < -0.4 is 5.32 Å². The van der Waals surface area contributed by atoms with Gasteiger partial charge in [0.2, 0.25) is 5.91 Å². The summed E-state index contributed by atoms with van der Waals surface area (Å²) < 4.78 is 5.86. The molecule has 0 saturated carbocycles. The number of hydrogen-bond acceptors (Lipinski definition) is 5. The third-order valence-corrected chi connectivity index (χ3v) is 9.34. The van der Waals surface area contributed by atoms with E-state index in [-0.39, 0.29) is 24.9 Å². The maximum Gasteiger partial charge on any atom is 0.306 e. The zero-order chi connectivity index (χ0) is 38.9. The molecule has 0 spiro atoms. The number of esters is 1. The van der Waals surface area contributed by atoms with Crippen LogP contribution in [0.4, 0.5) is 0 Å². The predicted molar refractivity (Wildman–Crippen MR) is 227 cm³/mol. The van der Waals surface area contributed by atoms with Gasteiger partial charge in [0.05, 0.1) is 25.2 Å². The lowest BCUT2D eigenvalue weighted by molar-refractivity contribution is -0.151. The molecular formula is C47H81NO5. The fraction of sp³-hybridized carbons (Fsp3) is 0.702. The SMILES string of the molecule is CC/C=C/C=C/C=C\CCCCCC(CC(=O)NC(CO)C(O)CCCCCCCCCCC)OC(=O)CCCCCC/C=C/C/C=C/C/C=C/CC. The number of aliphatic hydroxyl groups is 2. The molecule has 0 fully saturated rings. The lowest BCUT2D eigenvalue weighted by Gasteiger charge is -2.24. The molecule has 0 aliphatic carbocycles. The number of carbonyl (C=O) groups is 2. The Morgan fingerprint density at radius 2 is 1.11 bits per heavy atom. The zero-order valence-corrected chi connectivity index (χ0v) is 34.4. The van der Waals surface area contributed by atoms with Crippen LogP contribution >= 0.6 is 0 Å². The van der Waals surface area contributed by atoms with Gasteiger partial charge in [-0.15, -0.1) is 0 Å². The molecule has 0 bridgehead atoms.